The van der Waals surface area contributed by atoms with E-state index in [1.807, 2.05) is 12.1 Å². The van der Waals surface area contributed by atoms with E-state index in [1.165, 1.54) is 16.9 Å². The third-order valence-corrected chi connectivity index (χ3v) is 4.34. The predicted molar refractivity (Wildman–Crippen MR) is 87.0 cm³/mol. The lowest BCUT2D eigenvalue weighted by Gasteiger charge is -2.18. The zero-order valence-electron chi connectivity index (χ0n) is 12.5. The summed E-state index contributed by atoms with van der Waals surface area (Å²) in [6, 6.07) is 9.92. The first kappa shape index (κ1) is 15.5. The smallest absolute Gasteiger partial charge is 0.166 e. The van der Waals surface area contributed by atoms with Gasteiger partial charge >= 0.3 is 0 Å². The Morgan fingerprint density at radius 1 is 1.33 bits per heavy atom. The molecule has 0 aliphatic heterocycles. The van der Waals surface area contributed by atoms with Crippen LogP contribution < -0.4 is 9.64 Å². The third kappa shape index (κ3) is 3.83. The minimum atomic E-state index is 0.133. The average molecular weight is 305 g/mol. The molecule has 5 heteroatoms. The number of aromatic hydroxyl groups is 1. The number of para-hydroxylation sites is 1. The first-order valence-corrected chi connectivity index (χ1v) is 7.70. The van der Waals surface area contributed by atoms with Crippen molar-refractivity contribution in [1.82, 2.24) is 0 Å². The molecule has 0 fully saturated rings. The molecule has 2 aromatic rings. The molecule has 0 bridgehead atoms. The summed E-state index contributed by atoms with van der Waals surface area (Å²) in [5.41, 5.74) is 0.674. The second-order valence-corrected chi connectivity index (χ2v) is 6.02. The molecule has 0 unspecified atom stereocenters. The highest BCUT2D eigenvalue weighted by molar-refractivity contribution is 7.10. The zero-order chi connectivity index (χ0) is 15.2. The van der Waals surface area contributed by atoms with E-state index in [4.69, 9.17) is 4.74 Å². The summed E-state index contributed by atoms with van der Waals surface area (Å²) in [6.07, 6.45) is 1.71. The minimum absolute atomic E-state index is 0.133. The van der Waals surface area contributed by atoms with Crippen LogP contribution in [0, 0.1) is 0 Å². The number of quaternary nitrogens is 1. The summed E-state index contributed by atoms with van der Waals surface area (Å²) >= 11 is 1.75. The number of ether oxygens (including phenoxy) is 1. The van der Waals surface area contributed by atoms with Gasteiger partial charge in [-0.15, -0.1) is 11.3 Å². The van der Waals surface area contributed by atoms with Crippen molar-refractivity contribution in [1.29, 1.82) is 0 Å². The maximum Gasteiger partial charge on any atom is 0.166 e. The molecule has 21 heavy (non-hydrogen) atoms. The van der Waals surface area contributed by atoms with Gasteiger partial charge < -0.3 is 14.7 Å². The van der Waals surface area contributed by atoms with Crippen molar-refractivity contribution in [2.75, 3.05) is 27.7 Å². The van der Waals surface area contributed by atoms with Crippen LogP contribution in [-0.2, 0) is 0 Å². The second kappa shape index (κ2) is 7.24. The fourth-order valence-electron chi connectivity index (χ4n) is 2.11. The van der Waals surface area contributed by atoms with E-state index in [9.17, 15) is 5.11 Å². The van der Waals surface area contributed by atoms with Gasteiger partial charge in [-0.3, -0.25) is 4.99 Å². The molecule has 112 valence electrons. The van der Waals surface area contributed by atoms with Gasteiger partial charge in [0.25, 0.3) is 0 Å². The topological polar surface area (TPSA) is 46.3 Å². The van der Waals surface area contributed by atoms with Gasteiger partial charge in [-0.05, 0) is 23.6 Å². The van der Waals surface area contributed by atoms with Crippen molar-refractivity contribution in [2.45, 2.75) is 6.04 Å². The molecule has 0 spiro atoms. The lowest BCUT2D eigenvalue weighted by atomic mass is 10.2. The van der Waals surface area contributed by atoms with E-state index in [1.54, 1.807) is 23.6 Å². The van der Waals surface area contributed by atoms with E-state index in [2.05, 4.69) is 36.6 Å². The van der Waals surface area contributed by atoms with Crippen molar-refractivity contribution in [3.8, 4) is 11.5 Å². The minimum Gasteiger partial charge on any atom is -0.504 e. The molecule has 1 aromatic carbocycles. The van der Waals surface area contributed by atoms with Crippen LogP contribution in [0.2, 0.25) is 0 Å². The molecule has 1 aromatic heterocycles. The molecular formula is C16H21N2O2S+. The van der Waals surface area contributed by atoms with Crippen molar-refractivity contribution < 1.29 is 14.7 Å². The van der Waals surface area contributed by atoms with E-state index in [0.29, 0.717) is 23.9 Å². The van der Waals surface area contributed by atoms with E-state index >= 15 is 0 Å². The number of aliphatic imine (C=N–C) groups is 1. The molecule has 4 nitrogen and oxygen atoms in total. The van der Waals surface area contributed by atoms with Crippen LogP contribution in [0.15, 0.2) is 40.7 Å². The summed E-state index contributed by atoms with van der Waals surface area (Å²) in [7, 11) is 5.80. The average Bonchev–Trinajstić information content (AvgIpc) is 2.98. The van der Waals surface area contributed by atoms with Crippen LogP contribution in [0.1, 0.15) is 16.5 Å². The Balaban J connectivity index is 2.11. The Morgan fingerprint density at radius 3 is 2.76 bits per heavy atom. The number of hydrogen-bond acceptors (Lipinski definition) is 4. The SMILES string of the molecule is COc1cccc(C=NC[C@H](c2cccs2)[NH+](C)C)c1O. The number of benzene rings is 1. The van der Waals surface area contributed by atoms with Crippen LogP contribution in [0.5, 0.6) is 11.5 Å². The normalized spacial score (nSPS) is 13.0. The summed E-state index contributed by atoms with van der Waals surface area (Å²) in [5, 5.41) is 12.1. The first-order chi connectivity index (χ1) is 10.1. The summed E-state index contributed by atoms with van der Waals surface area (Å²) in [5.74, 6) is 0.598. The van der Waals surface area contributed by atoms with E-state index < -0.39 is 0 Å². The van der Waals surface area contributed by atoms with Crippen molar-refractivity contribution in [2.24, 2.45) is 4.99 Å². The van der Waals surface area contributed by atoms with Gasteiger partial charge in [-0.25, -0.2) is 0 Å². The Kier molecular flexibility index (Phi) is 5.36. The molecule has 2 N–H and O–H groups in total. The molecule has 0 amide bonds. The Labute approximate surface area is 129 Å². The lowest BCUT2D eigenvalue weighted by Crippen LogP contribution is -3.06. The van der Waals surface area contributed by atoms with Crippen LogP contribution in [-0.4, -0.2) is 39.1 Å². The van der Waals surface area contributed by atoms with Gasteiger partial charge in [0.1, 0.15) is 6.04 Å². The molecule has 0 saturated heterocycles. The van der Waals surface area contributed by atoms with E-state index in [-0.39, 0.29) is 5.75 Å². The second-order valence-electron chi connectivity index (χ2n) is 5.04. The highest BCUT2D eigenvalue weighted by Gasteiger charge is 2.17. The number of rotatable bonds is 6. The molecule has 1 heterocycles. The van der Waals surface area contributed by atoms with Gasteiger partial charge in [-0.2, -0.15) is 0 Å². The summed E-state index contributed by atoms with van der Waals surface area (Å²) in [4.78, 5) is 7.16. The molecule has 0 radical (unpaired) electrons. The van der Waals surface area contributed by atoms with Gasteiger partial charge in [0, 0.05) is 11.8 Å². The first-order valence-electron chi connectivity index (χ1n) is 6.82. The summed E-state index contributed by atoms with van der Waals surface area (Å²) in [6.45, 7) is 0.680. The number of methoxy groups -OCH3 is 1. The molecule has 1 atom stereocenters. The third-order valence-electron chi connectivity index (χ3n) is 3.35. The summed E-state index contributed by atoms with van der Waals surface area (Å²) < 4.78 is 5.10. The standard InChI is InChI=1S/C16H20N2O2S/c1-18(2)13(15-8-5-9-21-15)11-17-10-12-6-4-7-14(20-3)16(12)19/h4-10,13,19H,11H2,1-3H3/p+1/t13-/m1/s1. The quantitative estimate of drug-likeness (QED) is 0.799. The molecule has 0 saturated carbocycles. The van der Waals surface area contributed by atoms with Gasteiger partial charge in [0.05, 0.1) is 32.6 Å². The van der Waals surface area contributed by atoms with Crippen molar-refractivity contribution in [3.05, 3.63) is 46.2 Å². The number of hydrogen-bond donors (Lipinski definition) is 2. The Bertz CT molecular complexity index is 594. The number of phenols is 1. The molecule has 0 aliphatic carbocycles. The number of phenolic OH excluding ortho intramolecular Hbond substituents is 1. The zero-order valence-corrected chi connectivity index (χ0v) is 13.4. The fourth-order valence-corrected chi connectivity index (χ4v) is 3.06. The van der Waals surface area contributed by atoms with Crippen LogP contribution in [0.4, 0.5) is 0 Å². The number of likely N-dealkylation sites (N-methyl/N-ethyl adjacent to an activating group) is 1. The number of nitrogens with one attached hydrogen (secondary N) is 1. The van der Waals surface area contributed by atoms with Crippen molar-refractivity contribution in [3.63, 3.8) is 0 Å². The largest absolute Gasteiger partial charge is 0.504 e. The van der Waals surface area contributed by atoms with Gasteiger partial charge in [-0.1, -0.05) is 12.1 Å². The highest BCUT2D eigenvalue weighted by atomic mass is 32.1. The highest BCUT2D eigenvalue weighted by Crippen LogP contribution is 2.28. The Hall–Kier alpha value is -1.85. The van der Waals surface area contributed by atoms with Gasteiger partial charge in [0.2, 0.25) is 0 Å². The number of thiophene rings is 1. The van der Waals surface area contributed by atoms with E-state index in [0.717, 1.165) is 0 Å². The molecule has 2 rings (SSSR count). The molecular weight excluding hydrogens is 284 g/mol. The Morgan fingerprint density at radius 2 is 2.14 bits per heavy atom. The van der Waals surface area contributed by atoms with Crippen LogP contribution >= 0.6 is 11.3 Å². The monoisotopic (exact) mass is 305 g/mol. The lowest BCUT2D eigenvalue weighted by molar-refractivity contribution is -0.890. The maximum atomic E-state index is 10.0. The van der Waals surface area contributed by atoms with Crippen LogP contribution in [0.25, 0.3) is 0 Å². The maximum absolute atomic E-state index is 10.0. The van der Waals surface area contributed by atoms with Crippen LogP contribution in [0.3, 0.4) is 0 Å². The van der Waals surface area contributed by atoms with Gasteiger partial charge in [0.15, 0.2) is 11.5 Å². The van der Waals surface area contributed by atoms with Crippen molar-refractivity contribution >= 4 is 17.6 Å². The fraction of sp³-hybridized carbons (Fsp3) is 0.312. The number of nitrogens with zero attached hydrogens (tertiary/aromatic N) is 1. The predicted octanol–water partition coefficient (Wildman–Crippen LogP) is 1.77. The molecule has 0 aliphatic rings.